The highest BCUT2D eigenvalue weighted by Crippen LogP contribution is 2.72. The molecule has 4 heteroatoms. The molecule has 1 heterocycles. The molecule has 1 aromatic rings. The van der Waals surface area contributed by atoms with Gasteiger partial charge in [0.05, 0.1) is 6.26 Å². The first-order valence-electron chi connectivity index (χ1n) is 20.8. The number of unbranched alkanes of at least 4 members (excludes halogenated alkanes) is 19. The molecule has 3 saturated carbocycles. The third kappa shape index (κ3) is 9.49. The van der Waals surface area contributed by atoms with Gasteiger partial charge in [-0.1, -0.05) is 136 Å². The minimum absolute atomic E-state index is 0.105. The van der Waals surface area contributed by atoms with Gasteiger partial charge in [0.15, 0.2) is 0 Å². The normalized spacial score (nSPS) is 30.9. The summed E-state index contributed by atoms with van der Waals surface area (Å²) in [7, 11) is 0. The number of hydrogen-bond donors (Lipinski definition) is 1. The molecular weight excluding hydrogens is 580 g/mol. The molecule has 0 amide bonds. The summed E-state index contributed by atoms with van der Waals surface area (Å²) >= 11 is 0. The Morgan fingerprint density at radius 3 is 1.98 bits per heavy atom. The zero-order valence-electron chi connectivity index (χ0n) is 30.8. The predicted octanol–water partition coefficient (Wildman–Crippen LogP) is 12.4. The van der Waals surface area contributed by atoms with Crippen molar-refractivity contribution in [2.45, 2.75) is 212 Å². The lowest BCUT2D eigenvalue weighted by Crippen LogP contribution is -2.51. The van der Waals surface area contributed by atoms with E-state index in [1.807, 2.05) is 6.26 Å². The molecule has 1 spiro atoms. The van der Waals surface area contributed by atoms with Crippen molar-refractivity contribution in [3.8, 4) is 0 Å². The maximum Gasteiger partial charge on any atom is 0.305 e. The van der Waals surface area contributed by atoms with Crippen molar-refractivity contribution < 1.29 is 19.1 Å². The molecule has 2 bridgehead atoms. The second-order valence-corrected chi connectivity index (χ2v) is 17.2. The van der Waals surface area contributed by atoms with E-state index in [-0.39, 0.29) is 29.3 Å². The predicted molar refractivity (Wildman–Crippen MR) is 194 cm³/mol. The van der Waals surface area contributed by atoms with Gasteiger partial charge in [-0.2, -0.15) is 0 Å². The quantitative estimate of drug-likeness (QED) is 0.0944. The molecule has 268 valence electrons. The molecule has 0 aromatic carbocycles. The monoisotopic (exact) mass is 653 g/mol. The molecule has 6 atom stereocenters. The largest absolute Gasteiger partial charge is 0.469 e. The van der Waals surface area contributed by atoms with Gasteiger partial charge in [0.1, 0.15) is 18.0 Å². The topological polar surface area (TPSA) is 59.7 Å². The van der Waals surface area contributed by atoms with Crippen molar-refractivity contribution in [2.24, 2.45) is 22.7 Å². The van der Waals surface area contributed by atoms with Gasteiger partial charge in [-0.05, 0) is 91.6 Å². The molecule has 47 heavy (non-hydrogen) atoms. The highest BCUT2D eigenvalue weighted by molar-refractivity contribution is 5.69. The summed E-state index contributed by atoms with van der Waals surface area (Å²) in [6.07, 6.45) is 38.5. The summed E-state index contributed by atoms with van der Waals surface area (Å²) in [5.41, 5.74) is 1.12. The number of aliphatic hydroxyl groups is 1. The van der Waals surface area contributed by atoms with Gasteiger partial charge in [-0.3, -0.25) is 4.79 Å². The molecule has 0 unspecified atom stereocenters. The van der Waals surface area contributed by atoms with Crippen molar-refractivity contribution in [3.05, 3.63) is 23.7 Å². The molecule has 1 N–H and O–H groups in total. The lowest BCUT2D eigenvalue weighted by Gasteiger charge is -2.59. The summed E-state index contributed by atoms with van der Waals surface area (Å²) in [5.74, 6) is 2.62. The number of rotatable bonds is 23. The number of aryl methyl sites for hydroxylation is 1. The number of carbonyl (C=O) groups excluding carboxylic acids is 1. The van der Waals surface area contributed by atoms with Gasteiger partial charge in [-0.15, -0.1) is 0 Å². The zero-order chi connectivity index (χ0) is 33.0. The number of hydrogen-bond acceptors (Lipinski definition) is 4. The van der Waals surface area contributed by atoms with Crippen LogP contribution in [0.2, 0.25) is 0 Å². The molecule has 4 aliphatic rings. The first kappa shape index (κ1) is 37.0. The third-order valence-corrected chi connectivity index (χ3v) is 13.9. The van der Waals surface area contributed by atoms with E-state index in [2.05, 4.69) is 19.9 Å². The molecule has 3 fully saturated rings. The van der Waals surface area contributed by atoms with Crippen molar-refractivity contribution in [2.75, 3.05) is 6.61 Å². The van der Waals surface area contributed by atoms with E-state index in [9.17, 15) is 9.90 Å². The Bertz CT molecular complexity index is 1060. The number of furan rings is 1. The Hall–Kier alpha value is -1.29. The van der Waals surface area contributed by atoms with Crippen molar-refractivity contribution in [1.82, 2.24) is 0 Å². The van der Waals surface area contributed by atoms with Crippen molar-refractivity contribution >= 4 is 5.97 Å². The van der Waals surface area contributed by atoms with Gasteiger partial charge < -0.3 is 14.3 Å². The number of fused-ring (bicyclic) bond motifs is 5. The maximum absolute atomic E-state index is 12.7. The second kappa shape index (κ2) is 18.1. The Morgan fingerprint density at radius 1 is 0.809 bits per heavy atom. The molecule has 1 aromatic heterocycles. The van der Waals surface area contributed by atoms with Gasteiger partial charge >= 0.3 is 5.97 Å². The number of carbonyl (C=O) groups is 1. The molecular formula is C43H72O4. The second-order valence-electron chi connectivity index (χ2n) is 17.2. The molecule has 4 nitrogen and oxygen atoms in total. The molecule has 5 rings (SSSR count). The molecule has 0 saturated heterocycles. The van der Waals surface area contributed by atoms with Crippen LogP contribution in [0.1, 0.15) is 211 Å². The van der Waals surface area contributed by atoms with Crippen molar-refractivity contribution in [1.29, 1.82) is 0 Å². The average molecular weight is 653 g/mol. The highest BCUT2D eigenvalue weighted by atomic mass is 16.5. The highest BCUT2D eigenvalue weighted by Gasteiger charge is 2.66. The van der Waals surface area contributed by atoms with Crippen LogP contribution in [0.3, 0.4) is 0 Å². The van der Waals surface area contributed by atoms with Crippen LogP contribution in [0.25, 0.3) is 0 Å². The van der Waals surface area contributed by atoms with E-state index in [1.54, 1.807) is 0 Å². The first-order chi connectivity index (χ1) is 22.9. The molecule has 4 aliphatic carbocycles. The summed E-state index contributed by atoms with van der Waals surface area (Å²) in [4.78, 5) is 12.7. The minimum atomic E-state index is -0.837. The Morgan fingerprint density at radius 2 is 1.38 bits per heavy atom. The van der Waals surface area contributed by atoms with E-state index in [1.165, 1.54) is 153 Å². The van der Waals surface area contributed by atoms with Gasteiger partial charge in [0.2, 0.25) is 0 Å². The Kier molecular flexibility index (Phi) is 14.2. The Balaban J connectivity index is 0.862. The summed E-state index contributed by atoms with van der Waals surface area (Å²) < 4.78 is 11.7. The smallest absolute Gasteiger partial charge is 0.305 e. The molecule has 0 radical (unpaired) electrons. The van der Waals surface area contributed by atoms with Crippen LogP contribution in [0.5, 0.6) is 0 Å². The summed E-state index contributed by atoms with van der Waals surface area (Å²) in [6.45, 7) is 5.04. The Labute approximate surface area is 289 Å². The third-order valence-electron chi connectivity index (χ3n) is 13.9. The first-order valence-corrected chi connectivity index (χ1v) is 20.8. The SMILES string of the molecule is CCCCCCCCCCCCCCCCCCCCCCC(=O)OC[C@@]1(O)C[C@@]23CC[C@@H]4c5ccoc5CC[C@@]4(C)[C@@H]2CC[C@@H]1C3. The summed E-state index contributed by atoms with van der Waals surface area (Å²) in [6, 6.07) is 2.23. The lowest BCUT2D eigenvalue weighted by molar-refractivity contribution is -0.154. The molecule has 0 aliphatic heterocycles. The van der Waals surface area contributed by atoms with Gasteiger partial charge in [0.25, 0.3) is 0 Å². The van der Waals surface area contributed by atoms with Crippen LogP contribution in [0, 0.1) is 22.7 Å². The van der Waals surface area contributed by atoms with E-state index < -0.39 is 5.60 Å². The maximum atomic E-state index is 12.7. The van der Waals surface area contributed by atoms with Gasteiger partial charge in [0, 0.05) is 12.8 Å². The lowest BCUT2D eigenvalue weighted by atomic mass is 9.45. The van der Waals surface area contributed by atoms with E-state index >= 15 is 0 Å². The van der Waals surface area contributed by atoms with E-state index in [4.69, 9.17) is 9.15 Å². The van der Waals surface area contributed by atoms with Crippen LogP contribution >= 0.6 is 0 Å². The van der Waals surface area contributed by atoms with Crippen molar-refractivity contribution in [3.63, 3.8) is 0 Å². The van der Waals surface area contributed by atoms with Crippen LogP contribution in [0.4, 0.5) is 0 Å². The average Bonchev–Trinajstić information content (AvgIpc) is 3.62. The fourth-order valence-electron chi connectivity index (χ4n) is 11.3. The van der Waals surface area contributed by atoms with Crippen LogP contribution in [0.15, 0.2) is 16.7 Å². The fourth-order valence-corrected chi connectivity index (χ4v) is 11.3. The minimum Gasteiger partial charge on any atom is -0.469 e. The van der Waals surface area contributed by atoms with Crippen LogP contribution in [-0.4, -0.2) is 23.3 Å². The number of esters is 1. The van der Waals surface area contributed by atoms with Crippen LogP contribution in [-0.2, 0) is 16.0 Å². The van der Waals surface area contributed by atoms with Crippen LogP contribution < -0.4 is 0 Å². The number of ether oxygens (including phenoxy) is 1. The standard InChI is InChI=1S/C43H72O4/c1-3-4-5-6-7-8-9-10-11-12-13-14-15-16-17-18-19-20-21-22-23-40(44)47-34-43(45)33-42-30-26-37-36-28-31-46-38(36)27-29-41(37,2)39(42)25-24-35(43)32-42/h28,31,35,37,39,45H,3-27,29-30,32-34H2,1-2H3/t35-,37-,39+,41-,42+,43+/m1/s1. The van der Waals surface area contributed by atoms with E-state index in [0.717, 1.165) is 38.5 Å². The summed E-state index contributed by atoms with van der Waals surface area (Å²) in [5, 5.41) is 11.9. The van der Waals surface area contributed by atoms with E-state index in [0.29, 0.717) is 18.3 Å². The zero-order valence-corrected chi connectivity index (χ0v) is 30.8. The fraction of sp³-hybridized carbons (Fsp3) is 0.884. The van der Waals surface area contributed by atoms with Gasteiger partial charge in [-0.25, -0.2) is 0 Å².